The van der Waals surface area contributed by atoms with Crippen molar-refractivity contribution in [1.29, 1.82) is 0 Å². The summed E-state index contributed by atoms with van der Waals surface area (Å²) in [7, 11) is 1.24. The van der Waals surface area contributed by atoms with Gasteiger partial charge >= 0.3 is 12.1 Å². The minimum Gasteiger partial charge on any atom is -0.494 e. The molecule has 0 heterocycles. The number of ketones is 1. The molecule has 0 spiro atoms. The highest BCUT2D eigenvalue weighted by Gasteiger charge is 2.25. The Bertz CT molecular complexity index is 603. The molecular formula is C18H25NO6. The highest BCUT2D eigenvalue weighted by atomic mass is 16.6. The normalized spacial score (nSPS) is 12.0. The molecule has 0 saturated heterocycles. The molecule has 1 amide bonds. The van der Waals surface area contributed by atoms with Crippen molar-refractivity contribution in [1.82, 2.24) is 5.32 Å². The molecule has 0 aliphatic rings. The first-order chi connectivity index (χ1) is 11.6. The highest BCUT2D eigenvalue weighted by molar-refractivity contribution is 5.94. The lowest BCUT2D eigenvalue weighted by molar-refractivity contribution is -0.143. The van der Waals surface area contributed by atoms with Crippen molar-refractivity contribution >= 4 is 17.8 Å². The van der Waals surface area contributed by atoms with Crippen molar-refractivity contribution in [2.75, 3.05) is 13.7 Å². The molecule has 0 aliphatic carbocycles. The van der Waals surface area contributed by atoms with E-state index in [4.69, 9.17) is 9.47 Å². The smallest absolute Gasteiger partial charge is 0.408 e. The van der Waals surface area contributed by atoms with Crippen molar-refractivity contribution in [2.45, 2.75) is 45.8 Å². The Labute approximate surface area is 147 Å². The summed E-state index contributed by atoms with van der Waals surface area (Å²) in [5, 5.41) is 2.47. The maximum atomic E-state index is 11.8. The van der Waals surface area contributed by atoms with Crippen LogP contribution in [0.2, 0.25) is 0 Å². The summed E-state index contributed by atoms with van der Waals surface area (Å²) < 4.78 is 15.4. The molecule has 25 heavy (non-hydrogen) atoms. The van der Waals surface area contributed by atoms with Crippen LogP contribution in [0.4, 0.5) is 4.79 Å². The fraction of sp³-hybridized carbons (Fsp3) is 0.500. The third kappa shape index (κ3) is 7.69. The molecule has 0 saturated carbocycles. The summed E-state index contributed by atoms with van der Waals surface area (Å²) in [6, 6.07) is 5.79. The van der Waals surface area contributed by atoms with E-state index >= 15 is 0 Å². The van der Waals surface area contributed by atoms with Crippen LogP contribution in [0.5, 0.6) is 5.75 Å². The van der Waals surface area contributed by atoms with Gasteiger partial charge < -0.3 is 19.5 Å². The number of alkyl carbamates (subject to hydrolysis) is 1. The Hall–Kier alpha value is -2.57. The predicted octanol–water partition coefficient (Wildman–Crippen LogP) is 2.72. The third-order valence-electron chi connectivity index (χ3n) is 3.11. The van der Waals surface area contributed by atoms with Crippen LogP contribution in [0.3, 0.4) is 0 Å². The SMILES string of the molecule is COC(=O)C(CCOc1ccc(C(C)=O)cc1)NC(=O)OC(C)(C)C. The Morgan fingerprint density at radius 2 is 1.72 bits per heavy atom. The molecular weight excluding hydrogens is 326 g/mol. The van der Waals surface area contributed by atoms with Gasteiger partial charge in [0.25, 0.3) is 0 Å². The minimum atomic E-state index is -0.878. The molecule has 7 nitrogen and oxygen atoms in total. The van der Waals surface area contributed by atoms with E-state index in [1.165, 1.54) is 14.0 Å². The van der Waals surface area contributed by atoms with E-state index in [1.807, 2.05) is 0 Å². The van der Waals surface area contributed by atoms with E-state index < -0.39 is 23.7 Å². The largest absolute Gasteiger partial charge is 0.494 e. The minimum absolute atomic E-state index is 0.0288. The van der Waals surface area contributed by atoms with Gasteiger partial charge in [-0.1, -0.05) is 0 Å². The van der Waals surface area contributed by atoms with Crippen LogP contribution in [0, 0.1) is 0 Å². The molecule has 0 aromatic heterocycles. The van der Waals surface area contributed by atoms with Crippen molar-refractivity contribution in [2.24, 2.45) is 0 Å². The molecule has 138 valence electrons. The molecule has 1 rings (SSSR count). The lowest BCUT2D eigenvalue weighted by Crippen LogP contribution is -2.44. The quantitative estimate of drug-likeness (QED) is 0.600. The Kier molecular flexibility index (Phi) is 7.42. The summed E-state index contributed by atoms with van der Waals surface area (Å²) in [4.78, 5) is 34.8. The van der Waals surface area contributed by atoms with E-state index in [1.54, 1.807) is 45.0 Å². The molecule has 0 bridgehead atoms. The van der Waals surface area contributed by atoms with E-state index in [0.717, 1.165) is 0 Å². The molecule has 1 aromatic carbocycles. The summed E-state index contributed by atoms with van der Waals surface area (Å²) in [6.07, 6.45) is -0.492. The first-order valence-electron chi connectivity index (χ1n) is 7.93. The fourth-order valence-corrected chi connectivity index (χ4v) is 1.92. The Morgan fingerprint density at radius 3 is 2.20 bits per heavy atom. The van der Waals surface area contributed by atoms with Gasteiger partial charge in [0.2, 0.25) is 0 Å². The average Bonchev–Trinajstić information content (AvgIpc) is 2.51. The molecule has 1 N–H and O–H groups in total. The van der Waals surface area contributed by atoms with Gasteiger partial charge in [-0.15, -0.1) is 0 Å². The number of methoxy groups -OCH3 is 1. The molecule has 0 fully saturated rings. The van der Waals surface area contributed by atoms with Gasteiger partial charge in [-0.25, -0.2) is 9.59 Å². The molecule has 1 aromatic rings. The van der Waals surface area contributed by atoms with Crippen molar-refractivity contribution in [3.05, 3.63) is 29.8 Å². The molecule has 7 heteroatoms. The molecule has 0 aliphatic heterocycles. The Balaban J connectivity index is 2.57. The molecule has 0 radical (unpaired) electrons. The molecule has 1 unspecified atom stereocenters. The number of hydrogen-bond acceptors (Lipinski definition) is 6. The maximum Gasteiger partial charge on any atom is 0.408 e. The third-order valence-corrected chi connectivity index (χ3v) is 3.11. The predicted molar refractivity (Wildman–Crippen MR) is 91.7 cm³/mol. The van der Waals surface area contributed by atoms with Gasteiger partial charge in [0, 0.05) is 12.0 Å². The number of esters is 1. The van der Waals surface area contributed by atoms with Gasteiger partial charge in [0.05, 0.1) is 13.7 Å². The van der Waals surface area contributed by atoms with Gasteiger partial charge in [0.1, 0.15) is 17.4 Å². The monoisotopic (exact) mass is 351 g/mol. The van der Waals surface area contributed by atoms with Crippen LogP contribution in [-0.4, -0.2) is 43.2 Å². The lowest BCUT2D eigenvalue weighted by atomic mass is 10.1. The number of benzene rings is 1. The average molecular weight is 351 g/mol. The number of carbonyl (C=O) groups is 3. The van der Waals surface area contributed by atoms with Crippen LogP contribution in [0.15, 0.2) is 24.3 Å². The zero-order valence-corrected chi connectivity index (χ0v) is 15.3. The second-order valence-electron chi connectivity index (χ2n) is 6.44. The van der Waals surface area contributed by atoms with Gasteiger partial charge in [-0.3, -0.25) is 4.79 Å². The number of Topliss-reactive ketones (excluding diaryl/α,β-unsaturated/α-hetero) is 1. The fourth-order valence-electron chi connectivity index (χ4n) is 1.92. The summed E-state index contributed by atoms with van der Waals surface area (Å²) in [5.41, 5.74) is -0.0777. The summed E-state index contributed by atoms with van der Waals surface area (Å²) >= 11 is 0. The van der Waals surface area contributed by atoms with Gasteiger partial charge in [-0.2, -0.15) is 0 Å². The zero-order valence-electron chi connectivity index (χ0n) is 15.3. The van der Waals surface area contributed by atoms with Gasteiger partial charge in [0.15, 0.2) is 5.78 Å². The van der Waals surface area contributed by atoms with Crippen molar-refractivity contribution in [3.63, 3.8) is 0 Å². The van der Waals surface area contributed by atoms with Crippen LogP contribution in [0.25, 0.3) is 0 Å². The lowest BCUT2D eigenvalue weighted by Gasteiger charge is -2.22. The maximum absolute atomic E-state index is 11.8. The van der Waals surface area contributed by atoms with Crippen LogP contribution in [-0.2, 0) is 14.3 Å². The molecule has 1 atom stereocenters. The second kappa shape index (κ2) is 9.05. The highest BCUT2D eigenvalue weighted by Crippen LogP contribution is 2.13. The van der Waals surface area contributed by atoms with E-state index in [9.17, 15) is 14.4 Å². The number of rotatable bonds is 7. The first-order valence-corrected chi connectivity index (χ1v) is 7.93. The summed E-state index contributed by atoms with van der Waals surface area (Å²) in [6.45, 7) is 6.85. The van der Waals surface area contributed by atoms with E-state index in [2.05, 4.69) is 10.1 Å². The number of nitrogens with one attached hydrogen (secondary N) is 1. The van der Waals surface area contributed by atoms with Gasteiger partial charge in [-0.05, 0) is 52.0 Å². The van der Waals surface area contributed by atoms with E-state index in [-0.39, 0.29) is 18.8 Å². The Morgan fingerprint density at radius 1 is 1.12 bits per heavy atom. The van der Waals surface area contributed by atoms with Crippen molar-refractivity contribution < 1.29 is 28.6 Å². The van der Waals surface area contributed by atoms with Crippen LogP contribution in [0.1, 0.15) is 44.5 Å². The topological polar surface area (TPSA) is 90.9 Å². The number of hydrogen-bond donors (Lipinski definition) is 1. The standard InChI is InChI=1S/C18H25NO6/c1-12(20)13-6-8-14(9-7-13)24-11-10-15(16(21)23-5)19-17(22)25-18(2,3)4/h6-9,15H,10-11H2,1-5H3,(H,19,22). The first kappa shape index (κ1) is 20.5. The van der Waals surface area contributed by atoms with Crippen LogP contribution >= 0.6 is 0 Å². The van der Waals surface area contributed by atoms with E-state index in [0.29, 0.717) is 11.3 Å². The zero-order chi connectivity index (χ0) is 19.0. The van der Waals surface area contributed by atoms with Crippen molar-refractivity contribution in [3.8, 4) is 5.75 Å². The number of amides is 1. The second-order valence-corrected chi connectivity index (χ2v) is 6.44. The number of ether oxygens (including phenoxy) is 3. The van der Waals surface area contributed by atoms with Crippen LogP contribution < -0.4 is 10.1 Å². The number of carbonyl (C=O) groups excluding carboxylic acids is 3. The summed E-state index contributed by atoms with van der Waals surface area (Å²) in [5.74, 6) is -0.0499.